The minimum Gasteiger partial charge on any atom is -0.336 e. The van der Waals surface area contributed by atoms with Crippen LogP contribution in [-0.2, 0) is 0 Å². The van der Waals surface area contributed by atoms with Crippen LogP contribution in [0.1, 0.15) is 29.8 Å². The van der Waals surface area contributed by atoms with Crippen molar-refractivity contribution in [2.75, 3.05) is 18.8 Å². The van der Waals surface area contributed by atoms with Gasteiger partial charge in [-0.3, -0.25) is 4.79 Å². The fourth-order valence-corrected chi connectivity index (χ4v) is 3.17. The zero-order valence-electron chi connectivity index (χ0n) is 10.6. The summed E-state index contributed by atoms with van der Waals surface area (Å²) in [7, 11) is 0. The number of nitriles is 1. The molecule has 0 bridgehead atoms. The van der Waals surface area contributed by atoms with Gasteiger partial charge in [-0.15, -0.1) is 0 Å². The van der Waals surface area contributed by atoms with E-state index in [1.54, 1.807) is 24.3 Å². The summed E-state index contributed by atoms with van der Waals surface area (Å²) in [5.74, 6) is 1.04. The summed E-state index contributed by atoms with van der Waals surface area (Å²) in [5.41, 5.74) is 1.25. The van der Waals surface area contributed by atoms with Crippen LogP contribution in [-0.4, -0.2) is 34.4 Å². The quantitative estimate of drug-likeness (QED) is 0.779. The summed E-state index contributed by atoms with van der Waals surface area (Å²) >= 11 is 1.91. The lowest BCUT2D eigenvalue weighted by Gasteiger charge is -2.37. The van der Waals surface area contributed by atoms with Crippen LogP contribution in [0.25, 0.3) is 0 Å². The first-order chi connectivity index (χ1) is 8.52. The molecule has 94 valence electrons. The van der Waals surface area contributed by atoms with Crippen molar-refractivity contribution in [3.05, 3.63) is 35.4 Å². The van der Waals surface area contributed by atoms with Gasteiger partial charge in [-0.25, -0.2) is 0 Å². The average molecular weight is 260 g/mol. The first-order valence-corrected chi connectivity index (χ1v) is 6.94. The molecular weight excluding hydrogens is 244 g/mol. The Morgan fingerprint density at radius 3 is 2.61 bits per heavy atom. The van der Waals surface area contributed by atoms with E-state index in [4.69, 9.17) is 5.26 Å². The second-order valence-corrected chi connectivity index (χ2v) is 6.83. The zero-order valence-corrected chi connectivity index (χ0v) is 11.5. The van der Waals surface area contributed by atoms with Gasteiger partial charge in [0.25, 0.3) is 5.91 Å². The number of hydrogen-bond donors (Lipinski definition) is 0. The maximum Gasteiger partial charge on any atom is 0.253 e. The van der Waals surface area contributed by atoms with Crippen LogP contribution in [0.15, 0.2) is 24.3 Å². The fraction of sp³-hybridized carbons (Fsp3) is 0.429. The van der Waals surface area contributed by atoms with Gasteiger partial charge in [-0.2, -0.15) is 17.0 Å². The van der Waals surface area contributed by atoms with Gasteiger partial charge in [0.1, 0.15) is 0 Å². The molecule has 0 unspecified atom stereocenters. The molecule has 1 aliphatic heterocycles. The number of benzene rings is 1. The van der Waals surface area contributed by atoms with Crippen LogP contribution in [0.3, 0.4) is 0 Å². The van der Waals surface area contributed by atoms with Crippen molar-refractivity contribution in [1.82, 2.24) is 4.90 Å². The number of rotatable bonds is 1. The highest BCUT2D eigenvalue weighted by molar-refractivity contribution is 8.00. The van der Waals surface area contributed by atoms with E-state index in [1.165, 1.54) is 0 Å². The number of carbonyl (C=O) groups is 1. The molecule has 0 spiro atoms. The Morgan fingerprint density at radius 2 is 2.06 bits per heavy atom. The van der Waals surface area contributed by atoms with Crippen LogP contribution < -0.4 is 0 Å². The Morgan fingerprint density at radius 1 is 1.39 bits per heavy atom. The standard InChI is InChI=1S/C14H16N2OS/c1-14(2)10-16(7-8-18-14)13(17)12-5-3-11(9-15)4-6-12/h3-6H,7-8,10H2,1-2H3. The molecular formula is C14H16N2OS. The maximum absolute atomic E-state index is 12.3. The van der Waals surface area contributed by atoms with Gasteiger partial charge in [-0.05, 0) is 38.1 Å². The number of thioether (sulfide) groups is 1. The minimum atomic E-state index is 0.0628. The topological polar surface area (TPSA) is 44.1 Å². The summed E-state index contributed by atoms with van der Waals surface area (Å²) in [6.45, 7) is 5.90. The van der Waals surface area contributed by atoms with Gasteiger partial charge in [0.15, 0.2) is 0 Å². The van der Waals surface area contributed by atoms with Crippen molar-refractivity contribution in [1.29, 1.82) is 5.26 Å². The van der Waals surface area contributed by atoms with Crippen molar-refractivity contribution >= 4 is 17.7 Å². The number of amides is 1. The van der Waals surface area contributed by atoms with Gasteiger partial charge in [-0.1, -0.05) is 0 Å². The highest BCUT2D eigenvalue weighted by Crippen LogP contribution is 2.30. The smallest absolute Gasteiger partial charge is 0.253 e. The van der Waals surface area contributed by atoms with Crippen molar-refractivity contribution in [2.45, 2.75) is 18.6 Å². The maximum atomic E-state index is 12.3. The first-order valence-electron chi connectivity index (χ1n) is 5.95. The molecule has 0 aromatic heterocycles. The summed E-state index contributed by atoms with van der Waals surface area (Å²) in [4.78, 5) is 14.2. The number of nitrogens with zero attached hydrogens (tertiary/aromatic N) is 2. The second-order valence-electron chi connectivity index (χ2n) is 5.02. The van der Waals surface area contributed by atoms with Gasteiger partial charge in [0, 0.05) is 29.2 Å². The van der Waals surface area contributed by atoms with E-state index in [0.717, 1.165) is 18.8 Å². The minimum absolute atomic E-state index is 0.0628. The summed E-state index contributed by atoms with van der Waals surface area (Å²) < 4.78 is 0.126. The Balaban J connectivity index is 2.13. The molecule has 18 heavy (non-hydrogen) atoms. The van der Waals surface area contributed by atoms with Crippen molar-refractivity contribution < 1.29 is 4.79 Å². The van der Waals surface area contributed by atoms with E-state index in [1.807, 2.05) is 16.7 Å². The summed E-state index contributed by atoms with van der Waals surface area (Å²) in [6.07, 6.45) is 0. The molecule has 1 aromatic carbocycles. The molecule has 0 atom stereocenters. The predicted molar refractivity (Wildman–Crippen MR) is 73.6 cm³/mol. The lowest BCUT2D eigenvalue weighted by atomic mass is 10.1. The summed E-state index contributed by atoms with van der Waals surface area (Å²) in [5, 5.41) is 8.74. The number of hydrogen-bond acceptors (Lipinski definition) is 3. The Bertz CT molecular complexity index is 488. The molecule has 1 heterocycles. The summed E-state index contributed by atoms with van der Waals surface area (Å²) in [6, 6.07) is 8.90. The van der Waals surface area contributed by atoms with E-state index in [2.05, 4.69) is 19.9 Å². The average Bonchev–Trinajstić information content (AvgIpc) is 2.37. The predicted octanol–water partition coefficient (Wildman–Crippen LogP) is 2.53. The van der Waals surface area contributed by atoms with Crippen molar-refractivity contribution in [3.63, 3.8) is 0 Å². The molecule has 0 saturated carbocycles. The van der Waals surface area contributed by atoms with Crippen LogP contribution >= 0.6 is 11.8 Å². The normalized spacial score (nSPS) is 18.2. The Hall–Kier alpha value is -1.47. The molecule has 0 aliphatic carbocycles. The Kier molecular flexibility index (Phi) is 3.63. The van der Waals surface area contributed by atoms with Crippen molar-refractivity contribution in [3.8, 4) is 6.07 Å². The van der Waals surface area contributed by atoms with E-state index in [0.29, 0.717) is 11.1 Å². The molecule has 4 heteroatoms. The lowest BCUT2D eigenvalue weighted by Crippen LogP contribution is -2.46. The van der Waals surface area contributed by atoms with E-state index < -0.39 is 0 Å². The lowest BCUT2D eigenvalue weighted by molar-refractivity contribution is 0.0748. The molecule has 0 radical (unpaired) electrons. The second kappa shape index (κ2) is 5.03. The zero-order chi connectivity index (χ0) is 13.2. The van der Waals surface area contributed by atoms with E-state index in [9.17, 15) is 4.79 Å². The van der Waals surface area contributed by atoms with Gasteiger partial charge in [0.05, 0.1) is 11.6 Å². The van der Waals surface area contributed by atoms with Gasteiger partial charge < -0.3 is 4.90 Å². The van der Waals surface area contributed by atoms with Crippen molar-refractivity contribution in [2.24, 2.45) is 0 Å². The SMILES string of the molecule is CC1(C)CN(C(=O)c2ccc(C#N)cc2)CCS1. The third-order valence-electron chi connectivity index (χ3n) is 2.97. The van der Waals surface area contributed by atoms with Crippen LogP contribution in [0.2, 0.25) is 0 Å². The molecule has 1 amide bonds. The van der Waals surface area contributed by atoms with Gasteiger partial charge in [0.2, 0.25) is 0 Å². The monoisotopic (exact) mass is 260 g/mol. The van der Waals surface area contributed by atoms with E-state index in [-0.39, 0.29) is 10.7 Å². The van der Waals surface area contributed by atoms with Crippen LogP contribution in [0.4, 0.5) is 0 Å². The molecule has 2 rings (SSSR count). The highest BCUT2D eigenvalue weighted by atomic mass is 32.2. The first kappa shape index (κ1) is 13.0. The fourth-order valence-electron chi connectivity index (χ4n) is 2.06. The molecule has 1 saturated heterocycles. The Labute approximate surface area is 112 Å². The van der Waals surface area contributed by atoms with E-state index >= 15 is 0 Å². The van der Waals surface area contributed by atoms with Crippen LogP contribution in [0, 0.1) is 11.3 Å². The molecule has 0 N–H and O–H groups in total. The molecule has 1 aliphatic rings. The molecule has 1 aromatic rings. The number of carbonyl (C=O) groups excluding carboxylic acids is 1. The van der Waals surface area contributed by atoms with Crippen LogP contribution in [0.5, 0.6) is 0 Å². The highest BCUT2D eigenvalue weighted by Gasteiger charge is 2.30. The third-order valence-corrected chi connectivity index (χ3v) is 4.27. The molecule has 1 fully saturated rings. The van der Waals surface area contributed by atoms with Gasteiger partial charge >= 0.3 is 0 Å². The largest absolute Gasteiger partial charge is 0.336 e. The molecule has 3 nitrogen and oxygen atoms in total. The third kappa shape index (κ3) is 2.85.